The smallest absolute Gasteiger partial charge is 0.339 e. The number of amides is 2. The summed E-state index contributed by atoms with van der Waals surface area (Å²) in [5.74, 6) is -2.77. The minimum absolute atomic E-state index is 0.00368. The molecule has 4 rings (SSSR count). The van der Waals surface area contributed by atoms with Gasteiger partial charge in [-0.2, -0.15) is 0 Å². The first kappa shape index (κ1) is 20.9. The van der Waals surface area contributed by atoms with E-state index in [1.807, 2.05) is 0 Å². The zero-order valence-electron chi connectivity index (χ0n) is 16.4. The Kier molecular flexibility index (Phi) is 5.52. The molecule has 0 radical (unpaired) electrons. The maximum absolute atomic E-state index is 13.0. The normalized spacial score (nSPS) is 15.2. The Balaban J connectivity index is 1.60. The Morgan fingerprint density at radius 3 is 2.66 bits per heavy atom. The van der Waals surface area contributed by atoms with E-state index >= 15 is 0 Å². The van der Waals surface area contributed by atoms with Gasteiger partial charge >= 0.3 is 5.97 Å². The van der Waals surface area contributed by atoms with E-state index < -0.39 is 17.8 Å². The van der Waals surface area contributed by atoms with Gasteiger partial charge in [-0.15, -0.1) is 0 Å². The molecule has 9 nitrogen and oxygen atoms in total. The molecule has 4 N–H and O–H groups in total. The van der Waals surface area contributed by atoms with Crippen molar-refractivity contribution >= 4 is 41.2 Å². The van der Waals surface area contributed by atoms with E-state index in [1.54, 1.807) is 36.5 Å². The van der Waals surface area contributed by atoms with E-state index in [9.17, 15) is 19.5 Å². The fourth-order valence-electron chi connectivity index (χ4n) is 3.19. The van der Waals surface area contributed by atoms with Crippen molar-refractivity contribution < 1.29 is 24.6 Å². The third-order valence-electron chi connectivity index (χ3n) is 4.78. The van der Waals surface area contributed by atoms with Crippen molar-refractivity contribution in [2.24, 2.45) is 0 Å². The summed E-state index contributed by atoms with van der Waals surface area (Å²) in [5, 5.41) is 21.5. The minimum atomic E-state index is -1.24. The summed E-state index contributed by atoms with van der Waals surface area (Å²) in [7, 11) is 0. The highest BCUT2D eigenvalue weighted by Gasteiger charge is 2.33. The van der Waals surface area contributed by atoms with Crippen molar-refractivity contribution in [3.63, 3.8) is 0 Å². The Morgan fingerprint density at radius 2 is 1.97 bits per heavy atom. The van der Waals surface area contributed by atoms with Crippen LogP contribution in [0.15, 0.2) is 60.3 Å². The van der Waals surface area contributed by atoms with Crippen molar-refractivity contribution in [3.8, 4) is 17.0 Å². The molecule has 1 aliphatic heterocycles. The number of nitrogens with zero attached hydrogens (tertiary/aromatic N) is 2. The van der Waals surface area contributed by atoms with Crippen LogP contribution in [-0.2, 0) is 16.1 Å². The van der Waals surface area contributed by atoms with Gasteiger partial charge in [0.2, 0.25) is 0 Å². The van der Waals surface area contributed by atoms with Crippen molar-refractivity contribution in [1.82, 2.24) is 20.2 Å². The van der Waals surface area contributed by atoms with Gasteiger partial charge in [-0.3, -0.25) is 24.8 Å². The summed E-state index contributed by atoms with van der Waals surface area (Å²) in [6, 6.07) is 12.8. The zero-order chi connectivity index (χ0) is 22.8. The van der Waals surface area contributed by atoms with E-state index in [-0.39, 0.29) is 28.5 Å². The van der Waals surface area contributed by atoms with Gasteiger partial charge in [0.05, 0.1) is 12.2 Å². The van der Waals surface area contributed by atoms with Gasteiger partial charge in [0, 0.05) is 23.1 Å². The second-order valence-electron chi connectivity index (χ2n) is 6.89. The van der Waals surface area contributed by atoms with Crippen LogP contribution < -0.4 is 5.32 Å². The molecule has 0 atom stereocenters. The zero-order valence-corrected chi connectivity index (χ0v) is 17.2. The van der Waals surface area contributed by atoms with Crippen molar-refractivity contribution in [3.05, 3.63) is 77.3 Å². The fraction of sp³-hybridized carbons (Fsp3) is 0.0455. The van der Waals surface area contributed by atoms with Crippen molar-refractivity contribution in [2.75, 3.05) is 0 Å². The number of hydrogen-bond acceptors (Lipinski definition) is 6. The molecule has 3 aromatic rings. The molecule has 10 heteroatoms. The van der Waals surface area contributed by atoms with Crippen LogP contribution in [-0.4, -0.2) is 48.0 Å². The first-order chi connectivity index (χ1) is 15.3. The lowest BCUT2D eigenvalue weighted by atomic mass is 10.1. The van der Waals surface area contributed by atoms with Crippen LogP contribution in [0.3, 0.4) is 0 Å². The first-order valence-electron chi connectivity index (χ1n) is 9.38. The number of carboxylic acids is 1. The molecule has 0 aliphatic carbocycles. The topological polar surface area (TPSA) is 136 Å². The number of nitrogens with one attached hydrogen (secondary N) is 2. The van der Waals surface area contributed by atoms with E-state index in [4.69, 9.17) is 17.3 Å². The number of aromatic nitrogens is 2. The number of rotatable bonds is 5. The Hall–Kier alpha value is -4.31. The highest BCUT2D eigenvalue weighted by molar-refractivity contribution is 7.80. The van der Waals surface area contributed by atoms with Gasteiger partial charge < -0.3 is 15.2 Å². The molecule has 160 valence electrons. The molecule has 3 heterocycles. The standard InChI is InChI=1S/C22H16N4O5S/c27-18-9-12(4-6-15(18)21(30)31)17-7-5-13(24-17)10-16-19(28)25-22(32)26(20(16)29)11-14-3-1-2-8-23-14/h1-10,24,27H,11H2,(H,30,31)(H,25,28,32)/b16-10-. The quantitative estimate of drug-likeness (QED) is 0.267. The number of carboxylic acid groups (broad SMARTS) is 1. The van der Waals surface area contributed by atoms with Gasteiger partial charge in [-0.1, -0.05) is 12.1 Å². The van der Waals surface area contributed by atoms with Crippen LogP contribution >= 0.6 is 12.2 Å². The second kappa shape index (κ2) is 8.44. The second-order valence-corrected chi connectivity index (χ2v) is 7.28. The third kappa shape index (κ3) is 4.12. The molecule has 1 aliphatic rings. The van der Waals surface area contributed by atoms with Crippen molar-refractivity contribution in [2.45, 2.75) is 6.54 Å². The van der Waals surface area contributed by atoms with Gasteiger partial charge in [-0.05, 0) is 54.7 Å². The van der Waals surface area contributed by atoms with Gasteiger partial charge in [0.25, 0.3) is 11.8 Å². The lowest BCUT2D eigenvalue weighted by molar-refractivity contribution is -0.129. The predicted molar refractivity (Wildman–Crippen MR) is 118 cm³/mol. The third-order valence-corrected chi connectivity index (χ3v) is 5.10. The highest BCUT2D eigenvalue weighted by Crippen LogP contribution is 2.27. The number of phenols is 1. The molecular formula is C22H16N4O5S. The number of hydrogen-bond donors (Lipinski definition) is 4. The summed E-state index contributed by atoms with van der Waals surface area (Å²) >= 11 is 5.15. The van der Waals surface area contributed by atoms with E-state index in [1.165, 1.54) is 29.2 Å². The monoisotopic (exact) mass is 448 g/mol. The number of H-pyrrole nitrogens is 1. The average molecular weight is 448 g/mol. The average Bonchev–Trinajstić information content (AvgIpc) is 3.23. The maximum Gasteiger partial charge on any atom is 0.339 e. The summed E-state index contributed by atoms with van der Waals surface area (Å²) in [6.45, 7) is 0.112. The number of aromatic amines is 1. The summed E-state index contributed by atoms with van der Waals surface area (Å²) in [6.07, 6.45) is 3.00. The van der Waals surface area contributed by atoms with E-state index in [0.717, 1.165) is 0 Å². The summed E-state index contributed by atoms with van der Waals surface area (Å²) < 4.78 is 0. The van der Waals surface area contributed by atoms with Gasteiger partial charge in [-0.25, -0.2) is 4.79 Å². The fourth-order valence-corrected chi connectivity index (χ4v) is 3.43. The van der Waals surface area contributed by atoms with Crippen molar-refractivity contribution in [1.29, 1.82) is 0 Å². The number of carbonyl (C=O) groups is 3. The van der Waals surface area contributed by atoms with Gasteiger partial charge in [0.15, 0.2) is 5.11 Å². The van der Waals surface area contributed by atoms with Crippen LogP contribution in [0.4, 0.5) is 0 Å². The predicted octanol–water partition coefficient (Wildman–Crippen LogP) is 2.31. The molecule has 2 amide bonds. The molecule has 1 saturated heterocycles. The number of thiocarbonyl (C=S) groups is 1. The van der Waals surface area contributed by atoms with E-state index in [2.05, 4.69) is 15.3 Å². The van der Waals surface area contributed by atoms with Crippen LogP contribution in [0.1, 0.15) is 21.7 Å². The molecule has 1 aromatic carbocycles. The molecule has 0 spiro atoms. The van der Waals surface area contributed by atoms with Crippen LogP contribution in [0.25, 0.3) is 17.3 Å². The molecule has 2 aromatic heterocycles. The highest BCUT2D eigenvalue weighted by atomic mass is 32.1. The lowest BCUT2D eigenvalue weighted by Crippen LogP contribution is -2.53. The Morgan fingerprint density at radius 1 is 1.16 bits per heavy atom. The summed E-state index contributed by atoms with van der Waals surface area (Å²) in [4.78, 5) is 44.9. The van der Waals surface area contributed by atoms with Gasteiger partial charge in [0.1, 0.15) is 16.9 Å². The number of carbonyl (C=O) groups excluding carboxylic acids is 2. The molecular weight excluding hydrogens is 432 g/mol. The first-order valence-corrected chi connectivity index (χ1v) is 9.79. The molecule has 0 unspecified atom stereocenters. The molecule has 0 saturated carbocycles. The Bertz CT molecular complexity index is 1280. The van der Waals surface area contributed by atoms with Crippen LogP contribution in [0.2, 0.25) is 0 Å². The molecule has 1 fully saturated rings. The Labute approximate surface area is 187 Å². The lowest BCUT2D eigenvalue weighted by Gasteiger charge is -2.28. The molecule has 32 heavy (non-hydrogen) atoms. The maximum atomic E-state index is 13.0. The van der Waals surface area contributed by atoms with Crippen LogP contribution in [0.5, 0.6) is 5.75 Å². The SMILES string of the molecule is O=C1NC(=S)N(Cc2ccccn2)C(=O)/C1=C\c1ccc(-c2ccc(C(=O)O)c(O)c2)[nH]1. The number of benzene rings is 1. The molecule has 0 bridgehead atoms. The minimum Gasteiger partial charge on any atom is -0.507 e. The largest absolute Gasteiger partial charge is 0.507 e. The number of aromatic carboxylic acids is 1. The number of aromatic hydroxyl groups is 1. The summed E-state index contributed by atoms with van der Waals surface area (Å²) in [5.41, 5.74) is 1.86. The van der Waals surface area contributed by atoms with E-state index in [0.29, 0.717) is 22.6 Å². The number of pyridine rings is 1. The van der Waals surface area contributed by atoms with Crippen LogP contribution in [0, 0.1) is 0 Å².